The van der Waals surface area contributed by atoms with Gasteiger partial charge in [0.1, 0.15) is 0 Å². The molecule has 0 fully saturated rings. The van der Waals surface area contributed by atoms with Crippen LogP contribution in [0.25, 0.3) is 0 Å². The first-order valence-electron chi connectivity index (χ1n) is 7.83. The minimum atomic E-state index is -0.225. The van der Waals surface area contributed by atoms with Gasteiger partial charge >= 0.3 is 0 Å². The van der Waals surface area contributed by atoms with Gasteiger partial charge in [0.05, 0.1) is 9.52 Å². The summed E-state index contributed by atoms with van der Waals surface area (Å²) < 4.78 is 0. The highest BCUT2D eigenvalue weighted by Crippen LogP contribution is 2.09. The molecule has 3 heteroatoms. The summed E-state index contributed by atoms with van der Waals surface area (Å²) >= 11 is 0. The fourth-order valence-electron chi connectivity index (χ4n) is 2.65. The van der Waals surface area contributed by atoms with Crippen LogP contribution < -0.4 is 0 Å². The average molecular weight is 271 g/mol. The molecule has 0 radical (unpaired) electrons. The van der Waals surface area contributed by atoms with Gasteiger partial charge in [0.15, 0.2) is 0 Å². The molecule has 0 atom stereocenters. The maximum atomic E-state index is 4.01. The average Bonchev–Trinajstić information content (AvgIpc) is 2.36. The number of hydrogen-bond acceptors (Lipinski definition) is 2. The van der Waals surface area contributed by atoms with E-state index in [9.17, 15) is 0 Å². The van der Waals surface area contributed by atoms with E-state index >= 15 is 0 Å². The largest absolute Gasteiger partial charge is 0.291 e. The van der Waals surface area contributed by atoms with Gasteiger partial charge in [0, 0.05) is 5.79 Å². The van der Waals surface area contributed by atoms with Gasteiger partial charge in [-0.05, 0) is 51.9 Å². The Labute approximate surface area is 117 Å². The van der Waals surface area contributed by atoms with Crippen LogP contribution >= 0.6 is 0 Å². The standard InChI is InChI=1S/C15H34N2Si/c1-6-11-16(12-7-2)15(18-10-5)17(13-8-3)14-9-4/h10,15H,5-9,11-14,18H2,1-4H3. The van der Waals surface area contributed by atoms with Gasteiger partial charge in [-0.2, -0.15) is 0 Å². The van der Waals surface area contributed by atoms with E-state index in [1.165, 1.54) is 51.9 Å². The van der Waals surface area contributed by atoms with Crippen molar-refractivity contribution >= 4 is 9.52 Å². The molecule has 0 N–H and O–H groups in total. The lowest BCUT2D eigenvalue weighted by Gasteiger charge is -2.39. The molecule has 2 nitrogen and oxygen atoms in total. The van der Waals surface area contributed by atoms with Crippen molar-refractivity contribution in [2.45, 2.75) is 59.2 Å². The second kappa shape index (κ2) is 11.9. The highest BCUT2D eigenvalue weighted by atomic mass is 28.2. The summed E-state index contributed by atoms with van der Waals surface area (Å²) in [6, 6.07) is 0. The van der Waals surface area contributed by atoms with Crippen molar-refractivity contribution in [3.63, 3.8) is 0 Å². The molecule has 0 bridgehead atoms. The Balaban J connectivity index is 4.75. The minimum Gasteiger partial charge on any atom is -0.291 e. The summed E-state index contributed by atoms with van der Waals surface area (Å²) in [6.07, 6.45) is 5.03. The molecule has 108 valence electrons. The van der Waals surface area contributed by atoms with Crippen LogP contribution in [0.4, 0.5) is 0 Å². The Kier molecular flexibility index (Phi) is 11.9. The van der Waals surface area contributed by atoms with Crippen LogP contribution in [0.3, 0.4) is 0 Å². The Hall–Kier alpha value is -0.123. The lowest BCUT2D eigenvalue weighted by Crippen LogP contribution is -2.52. The van der Waals surface area contributed by atoms with Crippen LogP contribution in [-0.2, 0) is 0 Å². The normalized spacial score (nSPS) is 12.4. The minimum absolute atomic E-state index is 0.225. The molecule has 0 rings (SSSR count). The third-order valence-electron chi connectivity index (χ3n) is 3.26. The van der Waals surface area contributed by atoms with Crippen LogP contribution in [-0.4, -0.2) is 51.3 Å². The van der Waals surface area contributed by atoms with Gasteiger partial charge in [-0.3, -0.25) is 9.80 Å². The summed E-state index contributed by atoms with van der Waals surface area (Å²) in [4.78, 5) is 5.42. The third-order valence-corrected chi connectivity index (χ3v) is 5.05. The fourth-order valence-corrected chi connectivity index (χ4v) is 4.27. The van der Waals surface area contributed by atoms with Crippen LogP contribution in [0.1, 0.15) is 53.4 Å². The van der Waals surface area contributed by atoms with Crippen molar-refractivity contribution in [3.8, 4) is 0 Å². The molecule has 0 aliphatic heterocycles. The van der Waals surface area contributed by atoms with Gasteiger partial charge < -0.3 is 0 Å². The molecule has 0 unspecified atom stereocenters. The lowest BCUT2D eigenvalue weighted by atomic mass is 10.3. The van der Waals surface area contributed by atoms with Crippen molar-refractivity contribution in [1.82, 2.24) is 9.80 Å². The lowest BCUT2D eigenvalue weighted by molar-refractivity contribution is 0.0961. The summed E-state index contributed by atoms with van der Waals surface area (Å²) in [6.45, 7) is 18.1. The van der Waals surface area contributed by atoms with Crippen LogP contribution in [0.2, 0.25) is 0 Å². The second-order valence-electron chi connectivity index (χ2n) is 5.08. The van der Waals surface area contributed by atoms with Crippen LogP contribution in [0.15, 0.2) is 12.3 Å². The first-order chi connectivity index (χ1) is 8.74. The van der Waals surface area contributed by atoms with Crippen molar-refractivity contribution in [1.29, 1.82) is 0 Å². The van der Waals surface area contributed by atoms with Gasteiger partial charge in [0.25, 0.3) is 0 Å². The van der Waals surface area contributed by atoms with Gasteiger partial charge in [-0.15, -0.1) is 12.3 Å². The van der Waals surface area contributed by atoms with E-state index in [0.29, 0.717) is 5.79 Å². The Morgan fingerprint density at radius 3 is 1.39 bits per heavy atom. The maximum absolute atomic E-state index is 4.01. The molecule has 0 saturated heterocycles. The zero-order chi connectivity index (χ0) is 13.8. The predicted molar refractivity (Wildman–Crippen MR) is 86.8 cm³/mol. The number of nitrogens with zero attached hydrogens (tertiary/aromatic N) is 2. The fraction of sp³-hybridized carbons (Fsp3) is 0.867. The van der Waals surface area contributed by atoms with Crippen LogP contribution in [0.5, 0.6) is 0 Å². The molecule has 0 aromatic rings. The molecule has 0 aromatic heterocycles. The van der Waals surface area contributed by atoms with Crippen LogP contribution in [0, 0.1) is 0 Å². The quantitative estimate of drug-likeness (QED) is 0.397. The molecule has 0 saturated carbocycles. The molecule has 0 aromatic carbocycles. The smallest absolute Gasteiger partial charge is 0.0823 e. The molecule has 0 heterocycles. The summed E-state index contributed by atoms with van der Waals surface area (Å²) in [5.74, 6) is 0.697. The summed E-state index contributed by atoms with van der Waals surface area (Å²) in [7, 11) is -0.225. The molecule has 0 spiro atoms. The van der Waals surface area contributed by atoms with E-state index in [-0.39, 0.29) is 9.52 Å². The number of rotatable bonds is 12. The first kappa shape index (κ1) is 17.9. The molecule has 18 heavy (non-hydrogen) atoms. The number of hydrogen-bond donors (Lipinski definition) is 0. The first-order valence-corrected chi connectivity index (χ1v) is 9.47. The van der Waals surface area contributed by atoms with E-state index in [1.54, 1.807) is 0 Å². The van der Waals surface area contributed by atoms with Crippen molar-refractivity contribution in [3.05, 3.63) is 12.3 Å². The van der Waals surface area contributed by atoms with Gasteiger partial charge in [-0.25, -0.2) is 0 Å². The molecule has 0 amide bonds. The zero-order valence-electron chi connectivity index (χ0n) is 13.1. The molecule has 0 aliphatic carbocycles. The Morgan fingerprint density at radius 1 is 0.833 bits per heavy atom. The summed E-state index contributed by atoms with van der Waals surface area (Å²) in [5, 5.41) is 0. The molecule has 0 aliphatic rings. The van der Waals surface area contributed by atoms with Gasteiger partial charge in [0.2, 0.25) is 0 Å². The Bertz CT molecular complexity index is 169. The van der Waals surface area contributed by atoms with E-state index in [2.05, 4.69) is 49.8 Å². The summed E-state index contributed by atoms with van der Waals surface area (Å²) in [5.41, 5.74) is 2.22. The highest BCUT2D eigenvalue weighted by Gasteiger charge is 2.22. The van der Waals surface area contributed by atoms with Crippen molar-refractivity contribution in [2.24, 2.45) is 0 Å². The van der Waals surface area contributed by atoms with Gasteiger partial charge in [-0.1, -0.05) is 27.7 Å². The molecular weight excluding hydrogens is 236 g/mol. The van der Waals surface area contributed by atoms with E-state index in [1.807, 2.05) is 0 Å². The topological polar surface area (TPSA) is 6.48 Å². The second-order valence-corrected chi connectivity index (χ2v) is 6.86. The monoisotopic (exact) mass is 270 g/mol. The van der Waals surface area contributed by atoms with Crippen molar-refractivity contribution < 1.29 is 0 Å². The maximum Gasteiger partial charge on any atom is 0.0823 e. The third kappa shape index (κ3) is 6.71. The van der Waals surface area contributed by atoms with E-state index < -0.39 is 0 Å². The van der Waals surface area contributed by atoms with Crippen molar-refractivity contribution in [2.75, 3.05) is 26.2 Å². The molecular formula is C15H34N2Si. The van der Waals surface area contributed by atoms with E-state index in [4.69, 9.17) is 0 Å². The highest BCUT2D eigenvalue weighted by molar-refractivity contribution is 6.43. The predicted octanol–water partition coefficient (Wildman–Crippen LogP) is 2.83. The van der Waals surface area contributed by atoms with E-state index in [0.717, 1.165) is 0 Å². The zero-order valence-corrected chi connectivity index (χ0v) is 14.5. The Morgan fingerprint density at radius 2 is 1.17 bits per heavy atom. The SMILES string of the molecule is C=C[SiH2]C(N(CCC)CCC)N(CCC)CCC.